The number of rotatable bonds is 11. The van der Waals surface area contributed by atoms with Crippen LogP contribution in [0.3, 0.4) is 0 Å². The first kappa shape index (κ1) is 29.1. The predicted molar refractivity (Wildman–Crippen MR) is 130 cm³/mol. The standard InChI is InChI=1S/C10H14N2O5S.C10H16N2O3S/c1-11(18(2,15)16)7-8-17-10-5-3-9(4-6-10)12(13)14;1-12(16(2,13)14)7-8-15-10-5-3-9(11)4-6-10/h3-6H,7-8H2,1-2H3;3-6H,7-8,11H2,1-2H3. The van der Waals surface area contributed by atoms with E-state index in [4.69, 9.17) is 15.2 Å². The van der Waals surface area contributed by atoms with Crippen LogP contribution in [0.1, 0.15) is 0 Å². The summed E-state index contributed by atoms with van der Waals surface area (Å²) in [5, 5.41) is 10.4. The topological polar surface area (TPSA) is 162 Å². The van der Waals surface area contributed by atoms with Crippen LogP contribution in [0.2, 0.25) is 0 Å². The number of non-ortho nitro benzene ring substituents is 1. The molecule has 0 saturated carbocycles. The second kappa shape index (κ2) is 13.1. The first-order chi connectivity index (χ1) is 15.7. The summed E-state index contributed by atoms with van der Waals surface area (Å²) in [5.74, 6) is 1.14. The lowest BCUT2D eigenvalue weighted by Gasteiger charge is -2.14. The second-order valence-corrected chi connectivity index (χ2v) is 11.4. The highest BCUT2D eigenvalue weighted by Crippen LogP contribution is 2.17. The van der Waals surface area contributed by atoms with Gasteiger partial charge in [0.05, 0.1) is 17.4 Å². The summed E-state index contributed by atoms with van der Waals surface area (Å²) in [6.45, 7) is 1.04. The molecule has 0 aliphatic carbocycles. The zero-order valence-corrected chi connectivity index (χ0v) is 21.1. The molecular formula is C20H30N4O8S2. The number of nitro groups is 1. The van der Waals surface area contributed by atoms with Crippen molar-refractivity contribution in [3.05, 3.63) is 58.6 Å². The SMILES string of the molecule is CN(CCOc1ccc(N)cc1)S(C)(=O)=O.CN(CCOc1ccc([N+](=O)[O-])cc1)S(C)(=O)=O. The number of nitrogens with two attached hydrogens (primary N) is 1. The first-order valence-electron chi connectivity index (χ1n) is 9.88. The summed E-state index contributed by atoms with van der Waals surface area (Å²) in [6.07, 6.45) is 2.27. The van der Waals surface area contributed by atoms with E-state index in [0.29, 0.717) is 30.3 Å². The zero-order valence-electron chi connectivity index (χ0n) is 19.4. The Morgan fingerprint density at radius 2 is 1.15 bits per heavy atom. The number of sulfonamides is 2. The number of nitrogen functional groups attached to an aromatic ring is 1. The number of nitrogens with zero attached hydrogens (tertiary/aromatic N) is 3. The Hall–Kier alpha value is -2.94. The van der Waals surface area contributed by atoms with Gasteiger partial charge in [0.1, 0.15) is 24.7 Å². The highest BCUT2D eigenvalue weighted by molar-refractivity contribution is 7.88. The van der Waals surface area contributed by atoms with Crippen molar-refractivity contribution in [3.63, 3.8) is 0 Å². The Kier molecular flexibility index (Phi) is 11.2. The number of hydrogen-bond donors (Lipinski definition) is 1. The van der Waals surface area contributed by atoms with Gasteiger partial charge < -0.3 is 15.2 Å². The molecule has 0 radical (unpaired) electrons. The maximum Gasteiger partial charge on any atom is 0.269 e. The van der Waals surface area contributed by atoms with Gasteiger partial charge in [-0.15, -0.1) is 0 Å². The van der Waals surface area contributed by atoms with Gasteiger partial charge in [-0.1, -0.05) is 0 Å². The Bertz CT molecular complexity index is 1120. The summed E-state index contributed by atoms with van der Waals surface area (Å²) >= 11 is 0. The molecule has 2 rings (SSSR count). The predicted octanol–water partition coefficient (Wildman–Crippen LogP) is 1.40. The van der Waals surface area contributed by atoms with Gasteiger partial charge in [-0.2, -0.15) is 0 Å². The fraction of sp³-hybridized carbons (Fsp3) is 0.400. The van der Waals surface area contributed by atoms with Gasteiger partial charge in [-0.25, -0.2) is 25.4 Å². The summed E-state index contributed by atoms with van der Waals surface area (Å²) in [5.41, 5.74) is 6.17. The highest BCUT2D eigenvalue weighted by atomic mass is 32.2. The molecule has 0 aliphatic heterocycles. The van der Waals surface area contributed by atoms with Crippen molar-refractivity contribution >= 4 is 31.4 Å². The molecule has 0 fully saturated rings. The molecule has 0 spiro atoms. The molecule has 0 heterocycles. The van der Waals surface area contributed by atoms with E-state index in [1.54, 1.807) is 24.3 Å². The molecule has 2 N–H and O–H groups in total. The minimum absolute atomic E-state index is 0.0180. The molecular weight excluding hydrogens is 488 g/mol. The van der Waals surface area contributed by atoms with E-state index < -0.39 is 25.0 Å². The lowest BCUT2D eigenvalue weighted by atomic mass is 10.3. The molecule has 2 aromatic rings. The molecule has 0 saturated heterocycles. The lowest BCUT2D eigenvalue weighted by molar-refractivity contribution is -0.384. The van der Waals surface area contributed by atoms with Crippen LogP contribution in [0, 0.1) is 10.1 Å². The van der Waals surface area contributed by atoms with Crippen LogP contribution in [-0.4, -0.2) is 83.3 Å². The van der Waals surface area contributed by atoms with E-state index in [2.05, 4.69) is 0 Å². The van der Waals surface area contributed by atoms with Crippen molar-refractivity contribution in [1.82, 2.24) is 8.61 Å². The number of anilines is 1. The maximum atomic E-state index is 11.1. The van der Waals surface area contributed by atoms with Crippen molar-refractivity contribution in [3.8, 4) is 11.5 Å². The van der Waals surface area contributed by atoms with Crippen LogP contribution in [0.5, 0.6) is 11.5 Å². The second-order valence-electron chi connectivity index (χ2n) is 7.19. The van der Waals surface area contributed by atoms with Crippen molar-refractivity contribution in [2.45, 2.75) is 0 Å². The summed E-state index contributed by atoms with van der Waals surface area (Å²) in [7, 11) is -3.37. The Labute approximate surface area is 200 Å². The molecule has 0 amide bonds. The van der Waals surface area contributed by atoms with Crippen molar-refractivity contribution in [2.75, 3.05) is 58.6 Å². The molecule has 2 aromatic carbocycles. The quantitative estimate of drug-likeness (QED) is 0.263. The van der Waals surface area contributed by atoms with Crippen molar-refractivity contribution in [2.24, 2.45) is 0 Å². The van der Waals surface area contributed by atoms with Crippen LogP contribution in [0.15, 0.2) is 48.5 Å². The Morgan fingerprint density at radius 1 is 0.794 bits per heavy atom. The molecule has 0 bridgehead atoms. The number of benzene rings is 2. The van der Waals surface area contributed by atoms with E-state index in [1.807, 2.05) is 0 Å². The fourth-order valence-electron chi connectivity index (χ4n) is 2.14. The lowest BCUT2D eigenvalue weighted by Crippen LogP contribution is -2.29. The van der Waals surface area contributed by atoms with Gasteiger partial charge in [0.15, 0.2) is 0 Å². The van der Waals surface area contributed by atoms with Crippen LogP contribution in [0.25, 0.3) is 0 Å². The zero-order chi connectivity index (χ0) is 25.9. The molecule has 0 unspecified atom stereocenters. The average molecular weight is 519 g/mol. The number of nitro benzene ring substituents is 1. The molecule has 14 heteroatoms. The van der Waals surface area contributed by atoms with Crippen molar-refractivity contribution < 1.29 is 31.2 Å². The number of likely N-dealkylation sites (N-methyl/N-ethyl adjacent to an activating group) is 2. The van der Waals surface area contributed by atoms with Gasteiger partial charge in [0, 0.05) is 45.0 Å². The van der Waals surface area contributed by atoms with Gasteiger partial charge >= 0.3 is 0 Å². The number of ether oxygens (including phenoxy) is 2. The summed E-state index contributed by atoms with van der Waals surface area (Å²) < 4.78 is 57.4. The smallest absolute Gasteiger partial charge is 0.269 e. The van der Waals surface area contributed by atoms with Crippen LogP contribution >= 0.6 is 0 Å². The van der Waals surface area contributed by atoms with E-state index >= 15 is 0 Å². The van der Waals surface area contributed by atoms with Crippen LogP contribution in [0.4, 0.5) is 11.4 Å². The van der Waals surface area contributed by atoms with Gasteiger partial charge in [0.25, 0.3) is 5.69 Å². The normalized spacial score (nSPS) is 11.6. The van der Waals surface area contributed by atoms with E-state index in [0.717, 1.165) is 12.5 Å². The molecule has 0 aliphatic rings. The maximum absolute atomic E-state index is 11.1. The van der Waals surface area contributed by atoms with Gasteiger partial charge in [-0.05, 0) is 36.4 Å². The third kappa shape index (κ3) is 11.3. The van der Waals surface area contributed by atoms with Crippen molar-refractivity contribution in [1.29, 1.82) is 0 Å². The monoisotopic (exact) mass is 518 g/mol. The molecule has 34 heavy (non-hydrogen) atoms. The van der Waals surface area contributed by atoms with Crippen LogP contribution < -0.4 is 15.2 Å². The minimum Gasteiger partial charge on any atom is -0.492 e. The Morgan fingerprint density at radius 3 is 1.47 bits per heavy atom. The van der Waals surface area contributed by atoms with E-state index in [1.165, 1.54) is 47.0 Å². The minimum atomic E-state index is -3.21. The third-order valence-corrected chi connectivity index (χ3v) is 7.04. The van der Waals surface area contributed by atoms with Gasteiger partial charge in [0.2, 0.25) is 20.0 Å². The first-order valence-corrected chi connectivity index (χ1v) is 13.6. The van der Waals surface area contributed by atoms with Crippen LogP contribution in [-0.2, 0) is 20.0 Å². The summed E-state index contributed by atoms with van der Waals surface area (Å²) in [4.78, 5) is 9.92. The molecule has 190 valence electrons. The van der Waals surface area contributed by atoms with E-state index in [-0.39, 0.29) is 18.8 Å². The highest BCUT2D eigenvalue weighted by Gasteiger charge is 2.11. The van der Waals surface area contributed by atoms with Gasteiger partial charge in [-0.3, -0.25) is 10.1 Å². The largest absolute Gasteiger partial charge is 0.492 e. The third-order valence-electron chi connectivity index (χ3n) is 4.41. The number of hydrogen-bond acceptors (Lipinski definition) is 9. The molecule has 0 atom stereocenters. The summed E-state index contributed by atoms with van der Waals surface area (Å²) in [6, 6.07) is 12.6. The fourth-order valence-corrected chi connectivity index (χ4v) is 2.96. The van der Waals surface area contributed by atoms with E-state index in [9.17, 15) is 26.9 Å². The Balaban J connectivity index is 0.000000342. The molecule has 12 nitrogen and oxygen atoms in total. The average Bonchev–Trinajstić information content (AvgIpc) is 2.74. The molecule has 0 aromatic heterocycles.